The minimum absolute atomic E-state index is 0. The highest BCUT2D eigenvalue weighted by atomic mass is 14.4. The Morgan fingerprint density at radius 1 is 0.545 bits per heavy atom. The quantitative estimate of drug-likeness (QED) is 0.369. The average molecular weight is 457 g/mol. The first-order chi connectivity index (χ1) is 15.4. The van der Waals surface area contributed by atoms with Crippen molar-refractivity contribution in [3.05, 3.63) is 68.8 Å². The Hall–Kier alpha value is -1.56. The maximum absolute atomic E-state index is 2.47. The molecule has 2 aromatic rings. The van der Waals surface area contributed by atoms with Crippen molar-refractivity contribution in [1.82, 2.24) is 0 Å². The van der Waals surface area contributed by atoms with Crippen LogP contribution in [0.1, 0.15) is 146 Å². The van der Waals surface area contributed by atoms with Crippen LogP contribution in [0.4, 0.5) is 0 Å². The van der Waals surface area contributed by atoms with Gasteiger partial charge in [0.15, 0.2) is 0 Å². The predicted octanol–water partition coefficient (Wildman–Crippen LogP) is 11.4. The molecule has 2 aliphatic carbocycles. The predicted molar refractivity (Wildman–Crippen MR) is 157 cm³/mol. The van der Waals surface area contributed by atoms with Crippen molar-refractivity contribution in [2.75, 3.05) is 0 Å². The smallest absolute Gasteiger partial charge is 0.0113 e. The van der Waals surface area contributed by atoms with Crippen LogP contribution in [-0.4, -0.2) is 0 Å². The highest BCUT2D eigenvalue weighted by Crippen LogP contribution is 2.47. The standard InChI is InChI=1S/C21H24.C3H8.4C2H6.CH4/c1-12-5-16-9-18-11-19(20(16)7-14(12)3)10-17-6-13(2)15(4)8-21(17)18;1-3-2;4*1-2;/h5-8,18-19H,9-11H2,1-4H3;3H2,1-2H3;4*1-2H3;1H4. The van der Waals surface area contributed by atoms with E-state index >= 15 is 0 Å². The van der Waals surface area contributed by atoms with Crippen LogP contribution in [0.25, 0.3) is 0 Å². The fourth-order valence-electron chi connectivity index (χ4n) is 4.43. The monoisotopic (exact) mass is 456 g/mol. The summed E-state index contributed by atoms with van der Waals surface area (Å²) in [4.78, 5) is 0. The van der Waals surface area contributed by atoms with Gasteiger partial charge in [-0.05, 0) is 103 Å². The molecule has 192 valence electrons. The molecular weight excluding hydrogens is 396 g/mol. The molecule has 0 saturated heterocycles. The second-order valence-corrected chi connectivity index (χ2v) is 8.02. The van der Waals surface area contributed by atoms with Gasteiger partial charge in [-0.2, -0.15) is 0 Å². The lowest BCUT2D eigenvalue weighted by molar-refractivity contribution is 0.457. The van der Waals surface area contributed by atoms with Gasteiger partial charge in [0.1, 0.15) is 0 Å². The average Bonchev–Trinajstić information content (AvgIpc) is 2.83. The van der Waals surface area contributed by atoms with Crippen LogP contribution in [-0.2, 0) is 12.8 Å². The van der Waals surface area contributed by atoms with Gasteiger partial charge in [0.25, 0.3) is 0 Å². The zero-order valence-electron chi connectivity index (χ0n) is 24.3. The van der Waals surface area contributed by atoms with E-state index < -0.39 is 0 Å². The minimum Gasteiger partial charge on any atom is -0.0776 e. The van der Waals surface area contributed by atoms with E-state index in [1.165, 1.54) is 47.9 Å². The first kappa shape index (κ1) is 36.0. The fourth-order valence-corrected chi connectivity index (χ4v) is 4.43. The van der Waals surface area contributed by atoms with Crippen LogP contribution in [0.2, 0.25) is 0 Å². The van der Waals surface area contributed by atoms with Gasteiger partial charge < -0.3 is 0 Å². The molecule has 0 heteroatoms. The normalized spacial score (nSPS) is 15.7. The molecular formula is C33H60. The van der Waals surface area contributed by atoms with Crippen molar-refractivity contribution in [3.63, 3.8) is 0 Å². The van der Waals surface area contributed by atoms with Crippen molar-refractivity contribution in [2.45, 2.75) is 142 Å². The van der Waals surface area contributed by atoms with Gasteiger partial charge in [0, 0.05) is 0 Å². The lowest BCUT2D eigenvalue weighted by Gasteiger charge is -2.39. The fraction of sp³-hybridized carbons (Fsp3) is 0.636. The summed E-state index contributed by atoms with van der Waals surface area (Å²) < 4.78 is 0. The van der Waals surface area contributed by atoms with Crippen molar-refractivity contribution in [2.24, 2.45) is 0 Å². The summed E-state index contributed by atoms with van der Waals surface area (Å²) in [5, 5.41) is 0. The largest absolute Gasteiger partial charge is 0.0776 e. The number of hydrogen-bond acceptors (Lipinski definition) is 0. The molecule has 2 atom stereocenters. The van der Waals surface area contributed by atoms with Gasteiger partial charge in [-0.1, -0.05) is 107 Å². The summed E-state index contributed by atoms with van der Waals surface area (Å²) in [6.45, 7) is 29.3. The number of aryl methyl sites for hydroxylation is 4. The topological polar surface area (TPSA) is 0 Å². The van der Waals surface area contributed by atoms with Crippen LogP contribution in [0, 0.1) is 27.7 Å². The van der Waals surface area contributed by atoms with E-state index in [2.05, 4.69) is 65.8 Å². The Balaban J connectivity index is -0.000000659. The van der Waals surface area contributed by atoms with Gasteiger partial charge in [-0.3, -0.25) is 0 Å². The first-order valence-corrected chi connectivity index (χ1v) is 13.6. The van der Waals surface area contributed by atoms with E-state index in [-0.39, 0.29) is 7.43 Å². The third-order valence-corrected chi connectivity index (χ3v) is 5.89. The Morgan fingerprint density at radius 3 is 1.06 bits per heavy atom. The van der Waals surface area contributed by atoms with Crippen molar-refractivity contribution in [1.29, 1.82) is 0 Å². The summed E-state index contributed by atoms with van der Waals surface area (Å²) >= 11 is 0. The molecule has 2 bridgehead atoms. The van der Waals surface area contributed by atoms with Gasteiger partial charge >= 0.3 is 0 Å². The molecule has 0 spiro atoms. The molecule has 0 aliphatic heterocycles. The lowest BCUT2D eigenvalue weighted by Crippen LogP contribution is -2.25. The Morgan fingerprint density at radius 2 is 0.788 bits per heavy atom. The van der Waals surface area contributed by atoms with E-state index in [0.29, 0.717) is 0 Å². The SMILES string of the molecule is C.CC.CC.CC.CC.CCC.Cc1cc2c(cc1C)C1Cc3cc(C)c(C)cc3C(C2)C1. The Kier molecular flexibility index (Phi) is 21.7. The molecule has 0 saturated carbocycles. The van der Waals surface area contributed by atoms with E-state index in [1.54, 1.807) is 22.3 Å². The molecule has 0 heterocycles. The summed E-state index contributed by atoms with van der Waals surface area (Å²) in [6, 6.07) is 9.85. The summed E-state index contributed by atoms with van der Waals surface area (Å²) in [5.41, 5.74) is 12.3. The number of hydrogen-bond donors (Lipinski definition) is 0. The third kappa shape index (κ3) is 9.68. The van der Waals surface area contributed by atoms with E-state index in [4.69, 9.17) is 0 Å². The van der Waals surface area contributed by atoms with Crippen LogP contribution in [0.3, 0.4) is 0 Å². The number of rotatable bonds is 0. The highest BCUT2D eigenvalue weighted by molar-refractivity contribution is 5.49. The lowest BCUT2D eigenvalue weighted by atomic mass is 9.66. The molecule has 0 amide bonds. The molecule has 0 N–H and O–H groups in total. The maximum atomic E-state index is 2.47. The van der Waals surface area contributed by atoms with Crippen LogP contribution < -0.4 is 0 Å². The third-order valence-electron chi connectivity index (χ3n) is 5.89. The van der Waals surface area contributed by atoms with Crippen molar-refractivity contribution in [3.8, 4) is 0 Å². The van der Waals surface area contributed by atoms with Crippen molar-refractivity contribution >= 4 is 0 Å². The molecule has 0 fully saturated rings. The molecule has 2 aliphatic rings. The van der Waals surface area contributed by atoms with E-state index in [9.17, 15) is 0 Å². The Labute approximate surface area is 210 Å². The molecule has 0 aromatic heterocycles. The van der Waals surface area contributed by atoms with Crippen LogP contribution in [0.15, 0.2) is 24.3 Å². The zero-order valence-corrected chi connectivity index (χ0v) is 24.3. The van der Waals surface area contributed by atoms with E-state index in [1.807, 2.05) is 55.4 Å². The second-order valence-electron chi connectivity index (χ2n) is 8.02. The second kappa shape index (κ2) is 19.9. The molecule has 0 nitrogen and oxygen atoms in total. The Bertz CT molecular complexity index is 688. The van der Waals surface area contributed by atoms with Gasteiger partial charge in [0.05, 0.1) is 0 Å². The number of fused-ring (bicyclic) bond motifs is 6. The maximum Gasteiger partial charge on any atom is -0.0113 e. The van der Waals surface area contributed by atoms with Crippen LogP contribution in [0.5, 0.6) is 0 Å². The summed E-state index contributed by atoms with van der Waals surface area (Å²) in [6.07, 6.45) is 5.08. The van der Waals surface area contributed by atoms with Gasteiger partial charge in [-0.15, -0.1) is 0 Å². The number of benzene rings is 2. The highest BCUT2D eigenvalue weighted by Gasteiger charge is 2.34. The molecule has 33 heavy (non-hydrogen) atoms. The molecule has 4 rings (SSSR count). The summed E-state index contributed by atoms with van der Waals surface area (Å²) in [7, 11) is 0. The van der Waals surface area contributed by atoms with Crippen LogP contribution >= 0.6 is 0 Å². The minimum atomic E-state index is 0. The van der Waals surface area contributed by atoms with Gasteiger partial charge in [-0.25, -0.2) is 0 Å². The molecule has 0 radical (unpaired) electrons. The zero-order chi connectivity index (χ0) is 25.4. The summed E-state index contributed by atoms with van der Waals surface area (Å²) in [5.74, 6) is 1.49. The van der Waals surface area contributed by atoms with Gasteiger partial charge in [0.2, 0.25) is 0 Å². The molecule has 2 aromatic carbocycles. The van der Waals surface area contributed by atoms with Crippen molar-refractivity contribution < 1.29 is 0 Å². The van der Waals surface area contributed by atoms with E-state index in [0.717, 1.165) is 11.8 Å². The first-order valence-electron chi connectivity index (χ1n) is 13.6. The molecule has 2 unspecified atom stereocenters.